The molecule has 2 aliphatic carbocycles. The molecule has 4 N–H and O–H groups in total. The number of nitrogens with one attached hydrogen (secondary N) is 1. The minimum atomic E-state index is -3.53. The Balaban J connectivity index is 1.80. The molecule has 1 aromatic heterocycles. The third-order valence-electron chi connectivity index (χ3n) is 6.97. The molecule has 2 aliphatic rings. The van der Waals surface area contributed by atoms with Crippen molar-refractivity contribution in [3.8, 4) is 6.07 Å². The summed E-state index contributed by atoms with van der Waals surface area (Å²) in [4.78, 5) is 18.4. The zero-order valence-electron chi connectivity index (χ0n) is 20.4. The van der Waals surface area contributed by atoms with Gasteiger partial charge in [0, 0.05) is 22.2 Å². The molecular weight excluding hydrogens is 450 g/mol. The zero-order chi connectivity index (χ0) is 25.1. The molecule has 1 unspecified atom stereocenters. The maximum Gasteiger partial charge on any atom is 0.505 e. The first-order valence-electron chi connectivity index (χ1n) is 11.5. The van der Waals surface area contributed by atoms with Crippen LogP contribution < -0.4 is 10.5 Å². The molecule has 9 heteroatoms. The van der Waals surface area contributed by atoms with Crippen molar-refractivity contribution in [3.63, 3.8) is 0 Å². The standard InChI is InChI=1S/C25H31N5O3S/c1-24(2)10-9-19-21(18-7-6-8-20(18)28-22(19)24)29-23(31)30(5)34(27,33)17-12-15(14-26)11-16(13-17)25(3,4)32/h11-13,27,32H,6-10H2,1-5H3,(H,28,29,31)/p+1. The van der Waals surface area contributed by atoms with Gasteiger partial charge in [-0.1, -0.05) is 13.8 Å². The van der Waals surface area contributed by atoms with Crippen LogP contribution in [0.25, 0.3) is 0 Å². The number of anilines is 1. The number of aryl methyl sites for hydroxylation is 1. The molecule has 0 fully saturated rings. The minimum absolute atomic E-state index is 0.0645. The van der Waals surface area contributed by atoms with Crippen molar-refractivity contribution in [1.29, 1.82) is 5.26 Å². The number of rotatable bonds is 3. The van der Waals surface area contributed by atoms with E-state index in [1.807, 2.05) is 6.07 Å². The summed E-state index contributed by atoms with van der Waals surface area (Å²) in [6.07, 6.45) is 4.47. The molecule has 8 nitrogen and oxygen atoms in total. The summed E-state index contributed by atoms with van der Waals surface area (Å²) in [7, 11) is -2.15. The molecule has 0 aliphatic heterocycles. The highest BCUT2D eigenvalue weighted by Crippen LogP contribution is 2.44. The van der Waals surface area contributed by atoms with Crippen LogP contribution in [-0.2, 0) is 40.2 Å². The highest BCUT2D eigenvalue weighted by Gasteiger charge is 2.38. The topological polar surface area (TPSA) is 132 Å². The van der Waals surface area contributed by atoms with Gasteiger partial charge in [0.25, 0.3) is 0 Å². The van der Waals surface area contributed by atoms with Crippen molar-refractivity contribution in [2.75, 3.05) is 12.4 Å². The highest BCUT2D eigenvalue weighted by atomic mass is 32.2. The van der Waals surface area contributed by atoms with Crippen molar-refractivity contribution in [2.24, 2.45) is 5.14 Å². The van der Waals surface area contributed by atoms with E-state index in [0.29, 0.717) is 5.56 Å². The molecular formula is C25H32N5O3S+. The van der Waals surface area contributed by atoms with Crippen molar-refractivity contribution in [2.45, 2.75) is 75.7 Å². The molecule has 34 heavy (non-hydrogen) atoms. The Kier molecular flexibility index (Phi) is 5.83. The van der Waals surface area contributed by atoms with Gasteiger partial charge in [-0.2, -0.15) is 10.1 Å². The number of amides is 2. The van der Waals surface area contributed by atoms with Gasteiger partial charge in [0.15, 0.2) is 9.92 Å². The Morgan fingerprint density at radius 1 is 1.26 bits per heavy atom. The van der Waals surface area contributed by atoms with Gasteiger partial charge >= 0.3 is 6.03 Å². The number of nitriles is 1. The van der Waals surface area contributed by atoms with Crippen LogP contribution in [0.5, 0.6) is 0 Å². The number of hydrogen-bond acceptors (Lipinski definition) is 5. The molecule has 0 radical (unpaired) electrons. The zero-order valence-corrected chi connectivity index (χ0v) is 21.2. The van der Waals surface area contributed by atoms with Crippen LogP contribution in [0.3, 0.4) is 0 Å². The maximum atomic E-state index is 13.7. The lowest BCUT2D eigenvalue weighted by Gasteiger charge is -2.20. The fourth-order valence-corrected chi connectivity index (χ4v) is 5.99. The second kappa shape index (κ2) is 8.15. The first-order chi connectivity index (χ1) is 15.8. The largest absolute Gasteiger partial charge is 0.505 e. The van der Waals surface area contributed by atoms with Gasteiger partial charge in [0.05, 0.1) is 34.9 Å². The summed E-state index contributed by atoms with van der Waals surface area (Å²) in [5.74, 6) is 0. The molecule has 2 aromatic rings. The number of benzene rings is 1. The second-order valence-corrected chi connectivity index (χ2v) is 12.5. The van der Waals surface area contributed by atoms with Crippen LogP contribution in [0.2, 0.25) is 0 Å². The third kappa shape index (κ3) is 4.11. The average molecular weight is 483 g/mol. The fraction of sp³-hybridized carbons (Fsp3) is 0.480. The molecule has 1 aromatic carbocycles. The Morgan fingerprint density at radius 3 is 2.62 bits per heavy atom. The van der Waals surface area contributed by atoms with Crippen LogP contribution >= 0.6 is 0 Å². The van der Waals surface area contributed by atoms with E-state index in [4.69, 9.17) is 10.1 Å². The first kappa shape index (κ1) is 24.3. The van der Waals surface area contributed by atoms with E-state index in [0.717, 1.165) is 64.3 Å². The van der Waals surface area contributed by atoms with Crippen LogP contribution in [0.15, 0.2) is 23.1 Å². The van der Waals surface area contributed by atoms with E-state index in [2.05, 4.69) is 19.2 Å². The van der Waals surface area contributed by atoms with E-state index in [1.54, 1.807) is 13.8 Å². The highest BCUT2D eigenvalue weighted by molar-refractivity contribution is 7.89. The number of hydrogen-bond donors (Lipinski definition) is 3. The molecule has 0 spiro atoms. The number of aromatic nitrogens is 1. The summed E-state index contributed by atoms with van der Waals surface area (Å²) < 4.78 is 14.7. The number of carbonyl (C=O) groups is 1. The Labute approximate surface area is 201 Å². The van der Waals surface area contributed by atoms with Crippen molar-refractivity contribution >= 4 is 21.6 Å². The molecule has 0 saturated carbocycles. The van der Waals surface area contributed by atoms with Gasteiger partial charge in [0.2, 0.25) is 0 Å². The summed E-state index contributed by atoms with van der Waals surface area (Å²) in [5.41, 5.74) is 4.18. The van der Waals surface area contributed by atoms with Gasteiger partial charge in [-0.05, 0) is 69.7 Å². The molecule has 0 bridgehead atoms. The SMILES string of the molecule is C[N+](C(=O)Nc1c2c(nc3c1CCC3(C)C)CCC2)=S(N)(=O)c1cc(C#N)cc(C(C)(C)O)c1. The number of fused-ring (bicyclic) bond motifs is 2. The molecule has 2 amide bonds. The van der Waals surface area contributed by atoms with Crippen molar-refractivity contribution in [1.82, 2.24) is 4.98 Å². The van der Waals surface area contributed by atoms with Crippen LogP contribution in [0.4, 0.5) is 10.5 Å². The monoisotopic (exact) mass is 482 g/mol. The summed E-state index contributed by atoms with van der Waals surface area (Å²) >= 11 is 0. The smallest absolute Gasteiger partial charge is 0.386 e. The molecule has 1 atom stereocenters. The predicted octanol–water partition coefficient (Wildman–Crippen LogP) is 3.47. The number of urea groups is 1. The van der Waals surface area contributed by atoms with E-state index < -0.39 is 21.5 Å². The average Bonchev–Trinajstić information content (AvgIpc) is 3.36. The van der Waals surface area contributed by atoms with E-state index in [-0.39, 0.29) is 15.9 Å². The number of carbonyl (C=O) groups excluding carboxylic acids is 1. The lowest BCUT2D eigenvalue weighted by atomic mass is 9.90. The van der Waals surface area contributed by atoms with Gasteiger partial charge in [0.1, 0.15) is 5.69 Å². The maximum absolute atomic E-state index is 13.7. The molecule has 1 heterocycles. The second-order valence-electron chi connectivity index (χ2n) is 10.4. The first-order valence-corrected chi connectivity index (χ1v) is 13.0. The Hall–Kier alpha value is -2.80. The number of nitrogens with zero attached hydrogens (tertiary/aromatic N) is 3. The fourth-order valence-electron chi connectivity index (χ4n) is 4.79. The lowest BCUT2D eigenvalue weighted by molar-refractivity contribution is -0.364. The number of aliphatic hydroxyl groups is 1. The predicted molar refractivity (Wildman–Crippen MR) is 130 cm³/mol. The van der Waals surface area contributed by atoms with Crippen LogP contribution in [0.1, 0.15) is 74.2 Å². The summed E-state index contributed by atoms with van der Waals surface area (Å²) in [5, 5.41) is 29.1. The van der Waals surface area contributed by atoms with E-state index >= 15 is 0 Å². The van der Waals surface area contributed by atoms with Gasteiger partial charge in [-0.25, -0.2) is 14.7 Å². The van der Waals surface area contributed by atoms with Crippen molar-refractivity contribution < 1.29 is 18.1 Å². The lowest BCUT2D eigenvalue weighted by Crippen LogP contribution is -2.34. The minimum Gasteiger partial charge on any atom is -0.386 e. The van der Waals surface area contributed by atoms with E-state index in [1.165, 1.54) is 25.2 Å². The van der Waals surface area contributed by atoms with Crippen LogP contribution in [0, 0.1) is 11.3 Å². The van der Waals surface area contributed by atoms with Gasteiger partial charge < -0.3 is 5.11 Å². The Morgan fingerprint density at radius 2 is 1.97 bits per heavy atom. The Bertz CT molecular complexity index is 1370. The van der Waals surface area contributed by atoms with E-state index in [9.17, 15) is 19.4 Å². The number of nitrogens with two attached hydrogens (primary N) is 1. The molecule has 0 saturated heterocycles. The van der Waals surface area contributed by atoms with Gasteiger partial charge in [-0.15, -0.1) is 3.95 Å². The summed E-state index contributed by atoms with van der Waals surface area (Å²) in [6.45, 7) is 7.46. The normalized spacial score (nSPS) is 17.9. The molecule has 180 valence electrons. The molecule has 4 rings (SSSR count). The quantitative estimate of drug-likeness (QED) is 0.576. The summed E-state index contributed by atoms with van der Waals surface area (Å²) in [6, 6.07) is 5.81. The van der Waals surface area contributed by atoms with Gasteiger partial charge in [-0.3, -0.25) is 4.98 Å². The van der Waals surface area contributed by atoms with Crippen LogP contribution in [-0.4, -0.2) is 31.3 Å². The van der Waals surface area contributed by atoms with Crippen molar-refractivity contribution in [3.05, 3.63) is 51.8 Å². The number of pyridine rings is 1. The third-order valence-corrected chi connectivity index (χ3v) is 8.86.